The average molecular weight is 407 g/mol. The van der Waals surface area contributed by atoms with E-state index in [4.69, 9.17) is 16.3 Å². The summed E-state index contributed by atoms with van der Waals surface area (Å²) in [5.74, 6) is 0.622. The van der Waals surface area contributed by atoms with Crippen LogP contribution in [0, 0.1) is 5.82 Å². The van der Waals surface area contributed by atoms with E-state index in [0.29, 0.717) is 5.75 Å². The van der Waals surface area contributed by atoms with Crippen molar-refractivity contribution >= 4 is 23.3 Å². The lowest BCUT2D eigenvalue weighted by atomic mass is 10.2. The number of piperazine rings is 1. The molecule has 1 aromatic heterocycles. The first-order chi connectivity index (χ1) is 13.5. The lowest BCUT2D eigenvalue weighted by Gasteiger charge is -2.36. The molecule has 28 heavy (non-hydrogen) atoms. The summed E-state index contributed by atoms with van der Waals surface area (Å²) in [6.07, 6.45) is 1.81. The summed E-state index contributed by atoms with van der Waals surface area (Å²) in [6.45, 7) is 6.25. The minimum Gasteiger partial charge on any atom is -0.484 e. The van der Waals surface area contributed by atoms with Crippen molar-refractivity contribution in [2.45, 2.75) is 13.0 Å². The normalized spacial score (nSPS) is 15.9. The van der Waals surface area contributed by atoms with E-state index in [2.05, 4.69) is 20.1 Å². The highest BCUT2D eigenvalue weighted by Crippen LogP contribution is 2.21. The molecule has 150 valence electrons. The van der Waals surface area contributed by atoms with Gasteiger partial charge in [-0.3, -0.25) is 9.69 Å². The quantitative estimate of drug-likeness (QED) is 0.766. The van der Waals surface area contributed by atoms with Gasteiger partial charge in [0.2, 0.25) is 0 Å². The van der Waals surface area contributed by atoms with Crippen LogP contribution < -0.4 is 15.0 Å². The largest absolute Gasteiger partial charge is 0.484 e. The van der Waals surface area contributed by atoms with Gasteiger partial charge in [-0.2, -0.15) is 0 Å². The van der Waals surface area contributed by atoms with Crippen LogP contribution >= 0.6 is 11.6 Å². The van der Waals surface area contributed by atoms with Crippen molar-refractivity contribution in [3.05, 3.63) is 53.4 Å². The van der Waals surface area contributed by atoms with Gasteiger partial charge in [-0.15, -0.1) is 0 Å². The molecule has 0 bridgehead atoms. The molecule has 3 rings (SSSR count). The van der Waals surface area contributed by atoms with Crippen molar-refractivity contribution in [1.82, 2.24) is 15.2 Å². The van der Waals surface area contributed by atoms with Crippen molar-refractivity contribution in [3.63, 3.8) is 0 Å². The van der Waals surface area contributed by atoms with Crippen molar-refractivity contribution in [2.24, 2.45) is 0 Å². The minimum absolute atomic E-state index is 0.00527. The molecule has 1 aliphatic heterocycles. The smallest absolute Gasteiger partial charge is 0.258 e. The topological polar surface area (TPSA) is 57.7 Å². The molecule has 0 saturated carbocycles. The summed E-state index contributed by atoms with van der Waals surface area (Å²) in [5.41, 5.74) is 0. The average Bonchev–Trinajstić information content (AvgIpc) is 2.70. The van der Waals surface area contributed by atoms with E-state index >= 15 is 0 Å². The molecular formula is C20H24ClFN4O2. The van der Waals surface area contributed by atoms with Gasteiger partial charge in [0, 0.05) is 51.0 Å². The number of hydrogen-bond acceptors (Lipinski definition) is 5. The number of aromatic nitrogens is 1. The third-order valence-electron chi connectivity index (χ3n) is 4.55. The Kier molecular flexibility index (Phi) is 7.06. The van der Waals surface area contributed by atoms with Crippen molar-refractivity contribution in [2.75, 3.05) is 44.2 Å². The Balaban J connectivity index is 1.37. The molecule has 1 aromatic carbocycles. The molecule has 0 radical (unpaired) electrons. The van der Waals surface area contributed by atoms with Gasteiger partial charge < -0.3 is 15.0 Å². The lowest BCUT2D eigenvalue weighted by molar-refractivity contribution is -0.123. The highest BCUT2D eigenvalue weighted by Gasteiger charge is 2.20. The Morgan fingerprint density at radius 2 is 2.07 bits per heavy atom. The molecule has 1 N–H and O–H groups in total. The number of halogens is 2. The Hall–Kier alpha value is -2.38. The van der Waals surface area contributed by atoms with Crippen LogP contribution in [0.5, 0.6) is 5.75 Å². The summed E-state index contributed by atoms with van der Waals surface area (Å²) < 4.78 is 18.5. The van der Waals surface area contributed by atoms with E-state index in [1.165, 1.54) is 18.2 Å². The fourth-order valence-corrected chi connectivity index (χ4v) is 3.34. The van der Waals surface area contributed by atoms with Gasteiger partial charge >= 0.3 is 0 Å². The third kappa shape index (κ3) is 5.81. The van der Waals surface area contributed by atoms with Gasteiger partial charge in [0.25, 0.3) is 5.91 Å². The predicted molar refractivity (Wildman–Crippen MR) is 107 cm³/mol. The molecule has 6 nitrogen and oxygen atoms in total. The molecule has 1 aliphatic rings. The van der Waals surface area contributed by atoms with Gasteiger partial charge in [0.15, 0.2) is 6.61 Å². The molecule has 1 amide bonds. The van der Waals surface area contributed by atoms with Gasteiger partial charge in [0.05, 0.1) is 5.02 Å². The number of carbonyl (C=O) groups excluding carboxylic acids is 1. The molecule has 1 fully saturated rings. The standard InChI is InChI=1S/C20H24ClFN4O2/c1-15(24-20(27)14-28-16-5-6-18(22)17(21)12-16)13-25-8-10-26(11-9-25)19-4-2-3-7-23-19/h2-7,12,15H,8-11,13-14H2,1H3,(H,24,27). The van der Waals surface area contributed by atoms with Crippen LogP contribution in [0.15, 0.2) is 42.6 Å². The zero-order valence-corrected chi connectivity index (χ0v) is 16.5. The zero-order valence-electron chi connectivity index (χ0n) is 15.8. The number of nitrogens with one attached hydrogen (secondary N) is 1. The number of anilines is 1. The molecular weight excluding hydrogens is 383 g/mol. The minimum atomic E-state index is -0.518. The van der Waals surface area contributed by atoms with Crippen LogP contribution in [0.3, 0.4) is 0 Å². The molecule has 1 saturated heterocycles. The lowest BCUT2D eigenvalue weighted by Crippen LogP contribution is -2.51. The summed E-state index contributed by atoms with van der Waals surface area (Å²) in [5, 5.41) is 2.90. The van der Waals surface area contributed by atoms with Gasteiger partial charge in [-0.1, -0.05) is 17.7 Å². The Bertz CT molecular complexity index is 785. The van der Waals surface area contributed by atoms with E-state index in [9.17, 15) is 9.18 Å². The first-order valence-electron chi connectivity index (χ1n) is 9.27. The molecule has 2 heterocycles. The van der Waals surface area contributed by atoms with Crippen molar-refractivity contribution in [1.29, 1.82) is 0 Å². The maximum absolute atomic E-state index is 13.1. The summed E-state index contributed by atoms with van der Waals surface area (Å²) in [4.78, 5) is 21.1. The fourth-order valence-electron chi connectivity index (χ4n) is 3.17. The molecule has 8 heteroatoms. The predicted octanol–water partition coefficient (Wildman–Crippen LogP) is 2.58. The highest BCUT2D eigenvalue weighted by molar-refractivity contribution is 6.30. The summed E-state index contributed by atoms with van der Waals surface area (Å²) in [7, 11) is 0. The van der Waals surface area contributed by atoms with E-state index in [1.807, 2.05) is 25.1 Å². The van der Waals surface area contributed by atoms with Crippen LogP contribution in [-0.2, 0) is 4.79 Å². The van der Waals surface area contributed by atoms with Gasteiger partial charge in [-0.25, -0.2) is 9.37 Å². The van der Waals surface area contributed by atoms with E-state index in [0.717, 1.165) is 38.5 Å². The maximum Gasteiger partial charge on any atom is 0.258 e. The van der Waals surface area contributed by atoms with Crippen LogP contribution in [0.1, 0.15) is 6.92 Å². The van der Waals surface area contributed by atoms with Gasteiger partial charge in [0.1, 0.15) is 17.4 Å². The molecule has 1 unspecified atom stereocenters. The number of benzene rings is 1. The molecule has 0 spiro atoms. The van der Waals surface area contributed by atoms with E-state index in [1.54, 1.807) is 6.20 Å². The number of pyridine rings is 1. The Morgan fingerprint density at radius 3 is 2.75 bits per heavy atom. The highest BCUT2D eigenvalue weighted by atomic mass is 35.5. The van der Waals surface area contributed by atoms with Crippen molar-refractivity contribution in [3.8, 4) is 5.75 Å². The molecule has 2 aromatic rings. The molecule has 0 aliphatic carbocycles. The van der Waals surface area contributed by atoms with E-state index < -0.39 is 5.82 Å². The summed E-state index contributed by atoms with van der Waals surface area (Å²) in [6, 6.07) is 9.94. The number of ether oxygens (including phenoxy) is 1. The second-order valence-corrected chi connectivity index (χ2v) is 7.22. The summed E-state index contributed by atoms with van der Waals surface area (Å²) >= 11 is 5.70. The van der Waals surface area contributed by atoms with Crippen molar-refractivity contribution < 1.29 is 13.9 Å². The fraction of sp³-hybridized carbons (Fsp3) is 0.400. The third-order valence-corrected chi connectivity index (χ3v) is 4.84. The second-order valence-electron chi connectivity index (χ2n) is 6.81. The van der Waals surface area contributed by atoms with Crippen LogP contribution in [0.4, 0.5) is 10.2 Å². The van der Waals surface area contributed by atoms with E-state index in [-0.39, 0.29) is 23.6 Å². The first-order valence-corrected chi connectivity index (χ1v) is 9.64. The van der Waals surface area contributed by atoms with Crippen LogP contribution in [0.2, 0.25) is 5.02 Å². The number of amides is 1. The van der Waals surface area contributed by atoms with Crippen LogP contribution in [-0.4, -0.2) is 61.2 Å². The zero-order chi connectivity index (χ0) is 19.9. The second kappa shape index (κ2) is 9.71. The monoisotopic (exact) mass is 406 g/mol. The molecule has 1 atom stereocenters. The number of hydrogen-bond donors (Lipinski definition) is 1. The number of carbonyl (C=O) groups is 1. The first kappa shape index (κ1) is 20.4. The van der Waals surface area contributed by atoms with Gasteiger partial charge in [-0.05, 0) is 31.2 Å². The van der Waals surface area contributed by atoms with Crippen LogP contribution in [0.25, 0.3) is 0 Å². The SMILES string of the molecule is CC(CN1CCN(c2ccccn2)CC1)NC(=O)COc1ccc(F)c(Cl)c1. The number of nitrogens with zero attached hydrogens (tertiary/aromatic N) is 3. The number of rotatable bonds is 7. The Labute approximate surface area is 169 Å². The maximum atomic E-state index is 13.1. The Morgan fingerprint density at radius 1 is 1.29 bits per heavy atom.